The Hall–Kier alpha value is -2.78. The number of hydrogen-bond acceptors (Lipinski definition) is 3. The number of alkyl halides is 3. The van der Waals surface area contributed by atoms with Crippen LogP contribution in [-0.4, -0.2) is 48.1 Å². The van der Waals surface area contributed by atoms with Gasteiger partial charge in [0.15, 0.2) is 0 Å². The van der Waals surface area contributed by atoms with E-state index in [9.17, 15) is 27.6 Å². The Morgan fingerprint density at radius 3 is 2.24 bits per heavy atom. The van der Waals surface area contributed by atoms with Gasteiger partial charge in [-0.3, -0.25) is 9.59 Å². The van der Waals surface area contributed by atoms with Gasteiger partial charge in [0.2, 0.25) is 11.8 Å². The maximum absolute atomic E-state index is 12.5. The van der Waals surface area contributed by atoms with Crippen LogP contribution in [0.3, 0.4) is 0 Å². The van der Waals surface area contributed by atoms with E-state index in [4.69, 9.17) is 0 Å². The van der Waals surface area contributed by atoms with E-state index in [0.717, 1.165) is 0 Å². The molecule has 1 aromatic rings. The standard InChI is InChI=1S/C19H25F3N4O3/c1-12(2)10-16(27)24-13-5-7-14(8-6-13)25-18(29)26-9-3-4-15(26)17(28)23-11-19(20,21)22/h5-8,12,15H,3-4,9-11H2,1-2H3,(H,23,28)(H,24,27)(H,25,29). The molecule has 29 heavy (non-hydrogen) atoms. The van der Waals surface area contributed by atoms with Crippen molar-refractivity contribution in [3.63, 3.8) is 0 Å². The van der Waals surface area contributed by atoms with Gasteiger partial charge >= 0.3 is 12.2 Å². The first-order valence-electron chi connectivity index (χ1n) is 9.37. The van der Waals surface area contributed by atoms with Crippen LogP contribution in [0.15, 0.2) is 24.3 Å². The molecular formula is C19H25F3N4O3. The third kappa shape index (κ3) is 7.28. The highest BCUT2D eigenvalue weighted by molar-refractivity contribution is 5.95. The first kappa shape index (κ1) is 22.5. The van der Waals surface area contributed by atoms with Crippen LogP contribution < -0.4 is 16.0 Å². The van der Waals surface area contributed by atoms with Crippen molar-refractivity contribution in [2.45, 2.75) is 45.3 Å². The van der Waals surface area contributed by atoms with Crippen molar-refractivity contribution in [2.75, 3.05) is 23.7 Å². The number of nitrogens with zero attached hydrogens (tertiary/aromatic N) is 1. The Kier molecular flexibility index (Phi) is 7.46. The molecular weight excluding hydrogens is 389 g/mol. The highest BCUT2D eigenvalue weighted by Gasteiger charge is 2.36. The second-order valence-electron chi connectivity index (χ2n) is 7.34. The average Bonchev–Trinajstić information content (AvgIpc) is 3.10. The number of rotatable bonds is 6. The molecule has 0 aliphatic carbocycles. The van der Waals surface area contributed by atoms with E-state index >= 15 is 0 Å². The van der Waals surface area contributed by atoms with Crippen LogP contribution in [0.5, 0.6) is 0 Å². The van der Waals surface area contributed by atoms with Crippen molar-refractivity contribution in [1.29, 1.82) is 0 Å². The lowest BCUT2D eigenvalue weighted by atomic mass is 10.1. The van der Waals surface area contributed by atoms with Gasteiger partial charge in [-0.25, -0.2) is 4.79 Å². The molecule has 1 aliphatic rings. The molecule has 3 N–H and O–H groups in total. The third-order valence-corrected chi connectivity index (χ3v) is 4.29. The predicted molar refractivity (Wildman–Crippen MR) is 102 cm³/mol. The van der Waals surface area contributed by atoms with E-state index in [0.29, 0.717) is 30.6 Å². The van der Waals surface area contributed by atoms with Crippen molar-refractivity contribution in [1.82, 2.24) is 10.2 Å². The van der Waals surface area contributed by atoms with Gasteiger partial charge in [-0.2, -0.15) is 13.2 Å². The number of amides is 4. The second-order valence-corrected chi connectivity index (χ2v) is 7.34. The average molecular weight is 414 g/mol. The van der Waals surface area contributed by atoms with E-state index in [1.54, 1.807) is 24.3 Å². The van der Waals surface area contributed by atoms with Crippen molar-refractivity contribution >= 4 is 29.2 Å². The number of likely N-dealkylation sites (tertiary alicyclic amines) is 1. The van der Waals surface area contributed by atoms with E-state index in [1.165, 1.54) is 4.90 Å². The summed E-state index contributed by atoms with van der Waals surface area (Å²) in [6.07, 6.45) is -3.28. The summed E-state index contributed by atoms with van der Waals surface area (Å²) >= 11 is 0. The van der Waals surface area contributed by atoms with Crippen LogP contribution in [0.4, 0.5) is 29.3 Å². The Morgan fingerprint density at radius 2 is 1.69 bits per heavy atom. The minimum atomic E-state index is -4.51. The monoisotopic (exact) mass is 414 g/mol. The van der Waals surface area contributed by atoms with Crippen molar-refractivity contribution in [3.8, 4) is 0 Å². The lowest BCUT2D eigenvalue weighted by Gasteiger charge is -2.24. The van der Waals surface area contributed by atoms with Gasteiger partial charge in [0.1, 0.15) is 12.6 Å². The van der Waals surface area contributed by atoms with Crippen LogP contribution in [0.2, 0.25) is 0 Å². The molecule has 1 unspecified atom stereocenters. The zero-order valence-corrected chi connectivity index (χ0v) is 16.3. The summed E-state index contributed by atoms with van der Waals surface area (Å²) in [5.74, 6) is -0.699. The summed E-state index contributed by atoms with van der Waals surface area (Å²) < 4.78 is 36.9. The summed E-state index contributed by atoms with van der Waals surface area (Å²) in [6, 6.07) is 4.95. The molecule has 1 saturated heterocycles. The number of halogens is 3. The number of benzene rings is 1. The van der Waals surface area contributed by atoms with Crippen molar-refractivity contribution in [3.05, 3.63) is 24.3 Å². The molecule has 0 aromatic heterocycles. The third-order valence-electron chi connectivity index (χ3n) is 4.29. The summed E-state index contributed by atoms with van der Waals surface area (Å²) in [7, 11) is 0. The van der Waals surface area contributed by atoms with Crippen LogP contribution in [-0.2, 0) is 9.59 Å². The molecule has 1 atom stereocenters. The molecule has 0 bridgehead atoms. The molecule has 0 saturated carbocycles. The summed E-state index contributed by atoms with van der Waals surface area (Å²) in [4.78, 5) is 37.5. The lowest BCUT2D eigenvalue weighted by Crippen LogP contribution is -2.49. The fraction of sp³-hybridized carbons (Fsp3) is 0.526. The summed E-state index contributed by atoms with van der Waals surface area (Å²) in [5.41, 5.74) is 1.03. The zero-order valence-electron chi connectivity index (χ0n) is 16.3. The van der Waals surface area contributed by atoms with Crippen LogP contribution in [0.1, 0.15) is 33.1 Å². The first-order chi connectivity index (χ1) is 13.5. The van der Waals surface area contributed by atoms with Gasteiger partial charge in [0.25, 0.3) is 0 Å². The van der Waals surface area contributed by atoms with E-state index in [-0.39, 0.29) is 18.4 Å². The Bertz CT molecular complexity index is 735. The van der Waals surface area contributed by atoms with Gasteiger partial charge in [-0.1, -0.05) is 13.8 Å². The predicted octanol–water partition coefficient (Wildman–Crippen LogP) is 3.35. The molecule has 4 amide bonds. The molecule has 1 fully saturated rings. The van der Waals surface area contributed by atoms with E-state index in [1.807, 2.05) is 19.2 Å². The van der Waals surface area contributed by atoms with Crippen LogP contribution in [0.25, 0.3) is 0 Å². The Labute approximate surface area is 167 Å². The number of carbonyl (C=O) groups is 3. The molecule has 0 spiro atoms. The van der Waals surface area contributed by atoms with Crippen molar-refractivity contribution < 1.29 is 27.6 Å². The number of hydrogen-bond donors (Lipinski definition) is 3. The number of anilines is 2. The number of nitrogens with one attached hydrogen (secondary N) is 3. The maximum Gasteiger partial charge on any atom is 0.405 e. The van der Waals surface area contributed by atoms with Gasteiger partial charge in [0, 0.05) is 24.3 Å². The minimum Gasteiger partial charge on any atom is -0.345 e. The fourth-order valence-electron chi connectivity index (χ4n) is 3.00. The van der Waals surface area contributed by atoms with E-state index in [2.05, 4.69) is 10.6 Å². The number of urea groups is 1. The second kappa shape index (κ2) is 9.62. The van der Waals surface area contributed by atoms with Gasteiger partial charge in [0.05, 0.1) is 0 Å². The molecule has 2 rings (SSSR count). The van der Waals surface area contributed by atoms with E-state index < -0.39 is 30.7 Å². The zero-order chi connectivity index (χ0) is 21.6. The summed E-state index contributed by atoms with van der Waals surface area (Å²) in [6.45, 7) is 2.72. The smallest absolute Gasteiger partial charge is 0.345 e. The quantitative estimate of drug-likeness (QED) is 0.667. The highest BCUT2D eigenvalue weighted by atomic mass is 19.4. The van der Waals surface area contributed by atoms with Crippen LogP contribution in [0, 0.1) is 5.92 Å². The molecule has 7 nitrogen and oxygen atoms in total. The van der Waals surface area contributed by atoms with Gasteiger partial charge < -0.3 is 20.9 Å². The lowest BCUT2D eigenvalue weighted by molar-refractivity contribution is -0.140. The molecule has 1 aliphatic heterocycles. The number of carbonyl (C=O) groups excluding carboxylic acids is 3. The van der Waals surface area contributed by atoms with Gasteiger partial charge in [-0.15, -0.1) is 0 Å². The highest BCUT2D eigenvalue weighted by Crippen LogP contribution is 2.21. The van der Waals surface area contributed by atoms with Crippen LogP contribution >= 0.6 is 0 Å². The minimum absolute atomic E-state index is 0.110. The largest absolute Gasteiger partial charge is 0.405 e. The molecule has 1 heterocycles. The normalized spacial score (nSPS) is 16.6. The summed E-state index contributed by atoms with van der Waals surface area (Å²) in [5, 5.41) is 7.20. The topological polar surface area (TPSA) is 90.5 Å². The Morgan fingerprint density at radius 1 is 1.10 bits per heavy atom. The molecule has 160 valence electrons. The molecule has 10 heteroatoms. The Balaban J connectivity index is 1.91. The van der Waals surface area contributed by atoms with Crippen molar-refractivity contribution in [2.24, 2.45) is 5.92 Å². The first-order valence-corrected chi connectivity index (χ1v) is 9.37. The molecule has 1 aromatic carbocycles. The molecule has 0 radical (unpaired) electrons. The SMILES string of the molecule is CC(C)CC(=O)Nc1ccc(NC(=O)N2CCCC2C(=O)NCC(F)(F)F)cc1. The fourth-order valence-corrected chi connectivity index (χ4v) is 3.00. The van der Waals surface area contributed by atoms with Gasteiger partial charge in [-0.05, 0) is 43.0 Å². The maximum atomic E-state index is 12.5.